The molecule has 1 aliphatic carbocycles. The van der Waals surface area contributed by atoms with E-state index < -0.39 is 0 Å². The van der Waals surface area contributed by atoms with Crippen LogP contribution in [0.2, 0.25) is 0 Å². The van der Waals surface area contributed by atoms with Crippen molar-refractivity contribution in [3.05, 3.63) is 41.5 Å². The number of allylic oxidation sites excluding steroid dienone is 1. The van der Waals surface area contributed by atoms with Gasteiger partial charge in [-0.25, -0.2) is 0 Å². The molecule has 1 atom stereocenters. The van der Waals surface area contributed by atoms with Gasteiger partial charge in [0.15, 0.2) is 11.9 Å². The first-order valence-electron chi connectivity index (χ1n) is 7.32. The lowest BCUT2D eigenvalue weighted by atomic mass is 9.94. The Labute approximate surface area is 114 Å². The number of benzene rings is 1. The van der Waals surface area contributed by atoms with Crippen molar-refractivity contribution in [1.82, 2.24) is 0 Å². The van der Waals surface area contributed by atoms with Crippen LogP contribution in [0.3, 0.4) is 0 Å². The SMILES string of the molecule is O=C(/C1=C/CCCCCC1)C1Cc2ccccc2O1. The molecule has 100 valence electrons. The van der Waals surface area contributed by atoms with Crippen molar-refractivity contribution in [2.75, 3.05) is 0 Å². The molecule has 1 aromatic carbocycles. The molecule has 0 spiro atoms. The van der Waals surface area contributed by atoms with E-state index in [0.717, 1.165) is 42.6 Å². The third-order valence-electron chi connectivity index (χ3n) is 4.05. The highest BCUT2D eigenvalue weighted by atomic mass is 16.5. The number of fused-ring (bicyclic) bond motifs is 1. The van der Waals surface area contributed by atoms with Gasteiger partial charge in [0.05, 0.1) is 0 Å². The number of ether oxygens (including phenoxy) is 1. The Kier molecular flexibility index (Phi) is 3.67. The summed E-state index contributed by atoms with van der Waals surface area (Å²) < 4.78 is 5.80. The number of ketones is 1. The van der Waals surface area contributed by atoms with Gasteiger partial charge in [-0.05, 0) is 42.9 Å². The Morgan fingerprint density at radius 2 is 1.95 bits per heavy atom. The molecular formula is C17H20O2. The summed E-state index contributed by atoms with van der Waals surface area (Å²) >= 11 is 0. The molecule has 0 fully saturated rings. The second-order valence-corrected chi connectivity index (χ2v) is 5.46. The Balaban J connectivity index is 1.72. The maximum absolute atomic E-state index is 12.5. The number of Topliss-reactive ketones (excluding diaryl/α,β-unsaturated/α-hetero) is 1. The van der Waals surface area contributed by atoms with E-state index in [2.05, 4.69) is 12.1 Å². The maximum atomic E-state index is 12.5. The highest BCUT2D eigenvalue weighted by molar-refractivity contribution is 5.99. The van der Waals surface area contributed by atoms with Crippen molar-refractivity contribution in [1.29, 1.82) is 0 Å². The fourth-order valence-corrected chi connectivity index (χ4v) is 2.95. The van der Waals surface area contributed by atoms with E-state index in [-0.39, 0.29) is 11.9 Å². The van der Waals surface area contributed by atoms with Crippen LogP contribution in [0, 0.1) is 0 Å². The quantitative estimate of drug-likeness (QED) is 0.803. The van der Waals surface area contributed by atoms with Crippen molar-refractivity contribution >= 4 is 5.78 Å². The van der Waals surface area contributed by atoms with Crippen molar-refractivity contribution in [2.45, 2.75) is 51.0 Å². The number of carbonyl (C=O) groups excluding carboxylic acids is 1. The molecule has 2 heteroatoms. The van der Waals surface area contributed by atoms with Crippen molar-refractivity contribution in [3.63, 3.8) is 0 Å². The van der Waals surface area contributed by atoms with Gasteiger partial charge in [-0.2, -0.15) is 0 Å². The summed E-state index contributed by atoms with van der Waals surface area (Å²) in [6.07, 6.45) is 9.44. The van der Waals surface area contributed by atoms with Gasteiger partial charge < -0.3 is 4.74 Å². The second kappa shape index (κ2) is 5.60. The number of para-hydroxylation sites is 1. The summed E-state index contributed by atoms with van der Waals surface area (Å²) in [6, 6.07) is 7.97. The summed E-state index contributed by atoms with van der Waals surface area (Å²) in [6.45, 7) is 0. The van der Waals surface area contributed by atoms with Gasteiger partial charge in [0.1, 0.15) is 5.75 Å². The highest BCUT2D eigenvalue weighted by Gasteiger charge is 2.30. The Bertz CT molecular complexity index is 477. The fraction of sp³-hybridized carbons (Fsp3) is 0.471. The van der Waals surface area contributed by atoms with Crippen LogP contribution in [0.25, 0.3) is 0 Å². The third-order valence-corrected chi connectivity index (χ3v) is 4.05. The predicted molar refractivity (Wildman–Crippen MR) is 75.4 cm³/mol. The molecule has 1 heterocycles. The van der Waals surface area contributed by atoms with E-state index in [1.807, 2.05) is 18.2 Å². The zero-order valence-corrected chi connectivity index (χ0v) is 11.2. The lowest BCUT2D eigenvalue weighted by Gasteiger charge is -2.14. The number of carbonyl (C=O) groups is 1. The van der Waals surface area contributed by atoms with Crippen LogP contribution in [-0.2, 0) is 11.2 Å². The van der Waals surface area contributed by atoms with Crippen LogP contribution in [0.15, 0.2) is 35.9 Å². The molecule has 0 N–H and O–H groups in total. The number of hydrogen-bond acceptors (Lipinski definition) is 2. The van der Waals surface area contributed by atoms with Crippen molar-refractivity contribution < 1.29 is 9.53 Å². The summed E-state index contributed by atoms with van der Waals surface area (Å²) in [4.78, 5) is 12.5. The van der Waals surface area contributed by atoms with Crippen molar-refractivity contribution in [2.24, 2.45) is 0 Å². The van der Waals surface area contributed by atoms with Crippen LogP contribution in [0.5, 0.6) is 5.75 Å². The van der Waals surface area contributed by atoms with Gasteiger partial charge in [0.25, 0.3) is 0 Å². The minimum absolute atomic E-state index is 0.207. The van der Waals surface area contributed by atoms with Gasteiger partial charge in [-0.15, -0.1) is 0 Å². The molecule has 0 radical (unpaired) electrons. The molecule has 2 aliphatic rings. The lowest BCUT2D eigenvalue weighted by molar-refractivity contribution is -0.121. The molecule has 19 heavy (non-hydrogen) atoms. The molecule has 0 saturated heterocycles. The molecule has 0 saturated carbocycles. The Hall–Kier alpha value is -1.57. The van der Waals surface area contributed by atoms with Gasteiger partial charge in [0.2, 0.25) is 0 Å². The lowest BCUT2D eigenvalue weighted by Crippen LogP contribution is -2.27. The zero-order valence-electron chi connectivity index (χ0n) is 11.2. The van der Waals surface area contributed by atoms with Crippen LogP contribution < -0.4 is 4.74 Å². The zero-order chi connectivity index (χ0) is 13.1. The topological polar surface area (TPSA) is 26.3 Å². The maximum Gasteiger partial charge on any atom is 0.199 e. The van der Waals surface area contributed by atoms with Crippen LogP contribution in [0.4, 0.5) is 0 Å². The Morgan fingerprint density at radius 3 is 2.84 bits per heavy atom. The van der Waals surface area contributed by atoms with E-state index in [1.165, 1.54) is 19.3 Å². The molecule has 3 rings (SSSR count). The minimum atomic E-state index is -0.289. The van der Waals surface area contributed by atoms with Crippen molar-refractivity contribution in [3.8, 4) is 5.75 Å². The van der Waals surface area contributed by atoms with E-state index >= 15 is 0 Å². The predicted octanol–water partition coefficient (Wildman–Crippen LogP) is 3.84. The van der Waals surface area contributed by atoms with E-state index in [1.54, 1.807) is 0 Å². The monoisotopic (exact) mass is 256 g/mol. The molecule has 0 aromatic heterocycles. The van der Waals surface area contributed by atoms with Gasteiger partial charge in [0, 0.05) is 6.42 Å². The largest absolute Gasteiger partial charge is 0.482 e. The molecular weight excluding hydrogens is 236 g/mol. The smallest absolute Gasteiger partial charge is 0.199 e. The average molecular weight is 256 g/mol. The van der Waals surface area contributed by atoms with Gasteiger partial charge >= 0.3 is 0 Å². The molecule has 1 unspecified atom stereocenters. The first-order chi connectivity index (χ1) is 9.34. The average Bonchev–Trinajstić information content (AvgIpc) is 2.81. The standard InChI is InChI=1S/C17H20O2/c18-17(13-8-4-2-1-3-5-9-13)16-12-14-10-6-7-11-15(14)19-16/h6-8,10-11,16H,1-5,9,12H2/b13-8+. The van der Waals surface area contributed by atoms with E-state index in [4.69, 9.17) is 4.74 Å². The minimum Gasteiger partial charge on any atom is -0.482 e. The summed E-state index contributed by atoms with van der Waals surface area (Å²) in [7, 11) is 0. The van der Waals surface area contributed by atoms with E-state index in [9.17, 15) is 4.79 Å². The number of rotatable bonds is 2. The molecule has 1 aliphatic heterocycles. The van der Waals surface area contributed by atoms with Crippen LogP contribution >= 0.6 is 0 Å². The third kappa shape index (κ3) is 2.73. The molecule has 0 bridgehead atoms. The fourth-order valence-electron chi connectivity index (χ4n) is 2.95. The van der Waals surface area contributed by atoms with Crippen LogP contribution in [0.1, 0.15) is 44.1 Å². The van der Waals surface area contributed by atoms with E-state index in [0.29, 0.717) is 0 Å². The summed E-state index contributed by atoms with van der Waals surface area (Å²) in [5.74, 6) is 1.09. The Morgan fingerprint density at radius 1 is 1.11 bits per heavy atom. The molecule has 2 nitrogen and oxygen atoms in total. The summed E-state index contributed by atoms with van der Waals surface area (Å²) in [5, 5.41) is 0. The summed E-state index contributed by atoms with van der Waals surface area (Å²) in [5.41, 5.74) is 2.16. The first-order valence-corrected chi connectivity index (χ1v) is 7.32. The van der Waals surface area contributed by atoms with Gasteiger partial charge in [-0.3, -0.25) is 4.79 Å². The van der Waals surface area contributed by atoms with Crippen LogP contribution in [-0.4, -0.2) is 11.9 Å². The second-order valence-electron chi connectivity index (χ2n) is 5.46. The van der Waals surface area contributed by atoms with Gasteiger partial charge in [-0.1, -0.05) is 37.1 Å². The highest BCUT2D eigenvalue weighted by Crippen LogP contribution is 2.30. The molecule has 1 aromatic rings. The number of hydrogen-bond donors (Lipinski definition) is 0. The first kappa shape index (κ1) is 12.5. The molecule has 0 amide bonds. The normalized spacial score (nSPS) is 25.5.